The van der Waals surface area contributed by atoms with E-state index in [0.717, 1.165) is 17.5 Å². The summed E-state index contributed by atoms with van der Waals surface area (Å²) in [5.74, 6) is 0.134. The van der Waals surface area contributed by atoms with Crippen molar-refractivity contribution in [1.29, 1.82) is 0 Å². The van der Waals surface area contributed by atoms with Gasteiger partial charge in [0, 0.05) is 0 Å². The highest BCUT2D eigenvalue weighted by Crippen LogP contribution is 2.26. The Morgan fingerprint density at radius 1 is 1.50 bits per heavy atom. The third kappa shape index (κ3) is 1.90. The van der Waals surface area contributed by atoms with Gasteiger partial charge in [-0.2, -0.15) is 0 Å². The monoisotopic (exact) mass is 185 g/mol. The second-order valence-corrected chi connectivity index (χ2v) is 3.18. The SMILES string of the molecule is Cc1cc(O)c(Cl)cc1CCN. The lowest BCUT2D eigenvalue weighted by molar-refractivity contribution is 0.475. The largest absolute Gasteiger partial charge is 0.506 e. The van der Waals surface area contributed by atoms with Crippen LogP contribution in [-0.4, -0.2) is 11.7 Å². The molecule has 0 heterocycles. The number of phenolic OH excluding ortho intramolecular Hbond substituents is 1. The van der Waals surface area contributed by atoms with Crippen molar-refractivity contribution in [3.05, 3.63) is 28.3 Å². The number of benzene rings is 1. The molecule has 66 valence electrons. The standard InChI is InChI=1S/C9H12ClNO/c1-6-4-9(12)8(10)5-7(6)2-3-11/h4-5,12H,2-3,11H2,1H3. The molecule has 0 atom stereocenters. The van der Waals surface area contributed by atoms with E-state index < -0.39 is 0 Å². The molecule has 0 aliphatic heterocycles. The summed E-state index contributed by atoms with van der Waals surface area (Å²) in [5, 5.41) is 9.62. The third-order valence-electron chi connectivity index (χ3n) is 1.82. The first kappa shape index (κ1) is 9.36. The lowest BCUT2D eigenvalue weighted by Gasteiger charge is -2.05. The Balaban J connectivity index is 3.05. The second kappa shape index (κ2) is 3.78. The summed E-state index contributed by atoms with van der Waals surface area (Å²) in [6.07, 6.45) is 0.797. The van der Waals surface area contributed by atoms with Gasteiger partial charge in [0.25, 0.3) is 0 Å². The smallest absolute Gasteiger partial charge is 0.134 e. The Kier molecular flexibility index (Phi) is 2.95. The van der Waals surface area contributed by atoms with E-state index in [0.29, 0.717) is 11.6 Å². The van der Waals surface area contributed by atoms with Crippen LogP contribution in [0.3, 0.4) is 0 Å². The minimum Gasteiger partial charge on any atom is -0.506 e. The van der Waals surface area contributed by atoms with E-state index in [2.05, 4.69) is 0 Å². The first-order chi connectivity index (χ1) is 5.65. The van der Waals surface area contributed by atoms with E-state index in [9.17, 15) is 5.11 Å². The summed E-state index contributed by atoms with van der Waals surface area (Å²) in [5.41, 5.74) is 7.54. The Hall–Kier alpha value is -0.730. The van der Waals surface area contributed by atoms with Crippen LogP contribution in [0.15, 0.2) is 12.1 Å². The van der Waals surface area contributed by atoms with Gasteiger partial charge in [0.2, 0.25) is 0 Å². The van der Waals surface area contributed by atoms with Crippen LogP contribution in [0.2, 0.25) is 5.02 Å². The summed E-state index contributed by atoms with van der Waals surface area (Å²) in [7, 11) is 0. The van der Waals surface area contributed by atoms with Crippen LogP contribution in [0.1, 0.15) is 11.1 Å². The number of nitrogens with two attached hydrogens (primary N) is 1. The topological polar surface area (TPSA) is 46.2 Å². The molecule has 12 heavy (non-hydrogen) atoms. The summed E-state index contributed by atoms with van der Waals surface area (Å²) in [4.78, 5) is 0. The molecule has 0 fully saturated rings. The molecule has 0 bridgehead atoms. The molecule has 3 heteroatoms. The normalized spacial score (nSPS) is 10.2. The van der Waals surface area contributed by atoms with Gasteiger partial charge < -0.3 is 10.8 Å². The average Bonchev–Trinajstić information content (AvgIpc) is 2.01. The maximum Gasteiger partial charge on any atom is 0.134 e. The average molecular weight is 186 g/mol. The molecule has 0 amide bonds. The number of aromatic hydroxyl groups is 1. The Labute approximate surface area is 77.0 Å². The molecule has 0 unspecified atom stereocenters. The molecule has 1 rings (SSSR count). The van der Waals surface area contributed by atoms with E-state index >= 15 is 0 Å². The number of rotatable bonds is 2. The highest BCUT2D eigenvalue weighted by molar-refractivity contribution is 6.32. The second-order valence-electron chi connectivity index (χ2n) is 2.77. The molecule has 2 nitrogen and oxygen atoms in total. The quantitative estimate of drug-likeness (QED) is 0.739. The predicted octanol–water partition coefficient (Wildman–Crippen LogP) is 1.86. The molecule has 0 saturated heterocycles. The number of halogens is 1. The molecule has 0 aromatic heterocycles. The highest BCUT2D eigenvalue weighted by atomic mass is 35.5. The van der Waals surface area contributed by atoms with Gasteiger partial charge in [0.15, 0.2) is 0 Å². The van der Waals surface area contributed by atoms with Crippen LogP contribution in [0.25, 0.3) is 0 Å². The molecule has 0 spiro atoms. The summed E-state index contributed by atoms with van der Waals surface area (Å²) in [6, 6.07) is 3.42. The van der Waals surface area contributed by atoms with Gasteiger partial charge in [-0.3, -0.25) is 0 Å². The lowest BCUT2D eigenvalue weighted by Crippen LogP contribution is -2.03. The van der Waals surface area contributed by atoms with Crippen LogP contribution in [0, 0.1) is 6.92 Å². The number of hydrogen-bond acceptors (Lipinski definition) is 2. The highest BCUT2D eigenvalue weighted by Gasteiger charge is 2.03. The molecule has 0 aliphatic rings. The first-order valence-electron chi connectivity index (χ1n) is 3.83. The fraction of sp³-hybridized carbons (Fsp3) is 0.333. The molecular weight excluding hydrogens is 174 g/mol. The van der Waals surface area contributed by atoms with Crippen LogP contribution < -0.4 is 5.73 Å². The van der Waals surface area contributed by atoms with Gasteiger partial charge in [0.05, 0.1) is 5.02 Å². The van der Waals surface area contributed by atoms with E-state index in [1.807, 2.05) is 6.92 Å². The Bertz CT molecular complexity index is 286. The number of aryl methyl sites for hydroxylation is 1. The number of hydrogen-bond donors (Lipinski definition) is 2. The van der Waals surface area contributed by atoms with Gasteiger partial charge in [-0.1, -0.05) is 11.6 Å². The van der Waals surface area contributed by atoms with E-state index in [-0.39, 0.29) is 5.75 Å². The molecule has 0 radical (unpaired) electrons. The molecule has 3 N–H and O–H groups in total. The maximum absolute atomic E-state index is 9.23. The van der Waals surface area contributed by atoms with Crippen LogP contribution >= 0.6 is 11.6 Å². The van der Waals surface area contributed by atoms with Gasteiger partial charge in [0.1, 0.15) is 5.75 Å². The van der Waals surface area contributed by atoms with Crippen molar-refractivity contribution < 1.29 is 5.11 Å². The summed E-state index contributed by atoms with van der Waals surface area (Å²) >= 11 is 5.73. The Morgan fingerprint density at radius 3 is 2.75 bits per heavy atom. The van der Waals surface area contributed by atoms with E-state index in [4.69, 9.17) is 17.3 Å². The summed E-state index contributed by atoms with van der Waals surface area (Å²) < 4.78 is 0. The zero-order valence-electron chi connectivity index (χ0n) is 6.97. The summed E-state index contributed by atoms with van der Waals surface area (Å²) in [6.45, 7) is 2.53. The predicted molar refractivity (Wildman–Crippen MR) is 50.6 cm³/mol. The van der Waals surface area contributed by atoms with Gasteiger partial charge in [-0.15, -0.1) is 0 Å². The van der Waals surface area contributed by atoms with Crippen LogP contribution in [-0.2, 0) is 6.42 Å². The number of phenols is 1. The lowest BCUT2D eigenvalue weighted by atomic mass is 10.1. The van der Waals surface area contributed by atoms with E-state index in [1.54, 1.807) is 12.1 Å². The van der Waals surface area contributed by atoms with Crippen molar-refractivity contribution in [2.75, 3.05) is 6.54 Å². The minimum absolute atomic E-state index is 0.134. The zero-order valence-corrected chi connectivity index (χ0v) is 7.73. The van der Waals surface area contributed by atoms with Crippen molar-refractivity contribution in [2.24, 2.45) is 5.73 Å². The van der Waals surface area contributed by atoms with Crippen LogP contribution in [0.5, 0.6) is 5.75 Å². The first-order valence-corrected chi connectivity index (χ1v) is 4.21. The van der Waals surface area contributed by atoms with Crippen LogP contribution in [0.4, 0.5) is 0 Å². The van der Waals surface area contributed by atoms with Gasteiger partial charge in [-0.05, 0) is 43.1 Å². The third-order valence-corrected chi connectivity index (χ3v) is 2.12. The molecule has 0 aliphatic carbocycles. The molecule has 1 aromatic rings. The fourth-order valence-corrected chi connectivity index (χ4v) is 1.32. The Morgan fingerprint density at radius 2 is 2.17 bits per heavy atom. The van der Waals surface area contributed by atoms with Gasteiger partial charge >= 0.3 is 0 Å². The fourth-order valence-electron chi connectivity index (χ4n) is 1.13. The van der Waals surface area contributed by atoms with Crippen molar-refractivity contribution in [1.82, 2.24) is 0 Å². The molecule has 0 saturated carbocycles. The zero-order chi connectivity index (χ0) is 9.14. The maximum atomic E-state index is 9.23. The molecule has 1 aromatic carbocycles. The van der Waals surface area contributed by atoms with Crippen molar-refractivity contribution in [3.63, 3.8) is 0 Å². The van der Waals surface area contributed by atoms with Gasteiger partial charge in [-0.25, -0.2) is 0 Å². The van der Waals surface area contributed by atoms with Crippen molar-refractivity contribution in [3.8, 4) is 5.75 Å². The van der Waals surface area contributed by atoms with Crippen molar-refractivity contribution >= 4 is 11.6 Å². The van der Waals surface area contributed by atoms with E-state index in [1.165, 1.54) is 0 Å². The van der Waals surface area contributed by atoms with Crippen molar-refractivity contribution in [2.45, 2.75) is 13.3 Å². The minimum atomic E-state index is 0.134. The molecular formula is C9H12ClNO.